The number of nitrogens with one attached hydrogen (secondary N) is 1. The number of pyridine rings is 1. The van der Waals surface area contributed by atoms with Crippen LogP contribution in [-0.2, 0) is 0 Å². The first kappa shape index (κ1) is 16.7. The number of fused-ring (bicyclic) bond motifs is 1. The average Bonchev–Trinajstić information content (AvgIpc) is 2.92. The number of nitrogens with two attached hydrogens (primary N) is 1. The molecule has 0 unspecified atom stereocenters. The Morgan fingerprint density at radius 3 is 2.69 bits per heavy atom. The van der Waals surface area contributed by atoms with Gasteiger partial charge in [0.1, 0.15) is 5.82 Å². The molecule has 0 saturated carbocycles. The first-order valence-electron chi connectivity index (χ1n) is 8.52. The Balaban J connectivity index is 1.52. The number of H-pyrrole nitrogens is 1. The number of aromatic nitrogens is 3. The molecule has 1 fully saturated rings. The molecule has 1 amide bonds. The number of imidazole rings is 1. The number of amides is 1. The molecule has 7 nitrogen and oxygen atoms in total. The SMILES string of the molecule is NC(=O)c1cnc(N2CCCN(c3nc4ccccc4[nH]3)CC2)c(Cl)c1. The summed E-state index contributed by atoms with van der Waals surface area (Å²) in [6, 6.07) is 9.59. The summed E-state index contributed by atoms with van der Waals surface area (Å²) in [5, 5.41) is 0.443. The van der Waals surface area contributed by atoms with E-state index in [-0.39, 0.29) is 0 Å². The minimum absolute atomic E-state index is 0.317. The molecule has 0 atom stereocenters. The van der Waals surface area contributed by atoms with Crippen molar-refractivity contribution in [3.63, 3.8) is 0 Å². The van der Waals surface area contributed by atoms with E-state index >= 15 is 0 Å². The predicted molar refractivity (Wildman–Crippen MR) is 103 cm³/mol. The van der Waals surface area contributed by atoms with Crippen molar-refractivity contribution in [2.45, 2.75) is 6.42 Å². The van der Waals surface area contributed by atoms with Crippen molar-refractivity contribution in [3.05, 3.63) is 47.1 Å². The quantitative estimate of drug-likeness (QED) is 0.738. The maximum atomic E-state index is 11.3. The van der Waals surface area contributed by atoms with E-state index in [0.717, 1.165) is 49.6 Å². The predicted octanol–water partition coefficient (Wildman–Crippen LogP) is 2.43. The molecule has 1 aromatic carbocycles. The largest absolute Gasteiger partial charge is 0.366 e. The summed E-state index contributed by atoms with van der Waals surface area (Å²) in [7, 11) is 0. The van der Waals surface area contributed by atoms with E-state index in [2.05, 4.69) is 24.8 Å². The van der Waals surface area contributed by atoms with Crippen LogP contribution in [0.15, 0.2) is 36.5 Å². The normalized spacial score (nSPS) is 15.3. The van der Waals surface area contributed by atoms with E-state index < -0.39 is 5.91 Å². The van der Waals surface area contributed by atoms with Gasteiger partial charge in [-0.2, -0.15) is 0 Å². The Labute approximate surface area is 155 Å². The zero-order valence-corrected chi connectivity index (χ0v) is 14.9. The number of hydrogen-bond donors (Lipinski definition) is 2. The number of nitrogens with zero attached hydrogens (tertiary/aromatic N) is 4. The molecule has 4 rings (SSSR count). The molecule has 3 N–H and O–H groups in total. The number of halogens is 1. The van der Waals surface area contributed by atoms with Crippen LogP contribution in [-0.4, -0.2) is 47.0 Å². The highest BCUT2D eigenvalue weighted by Gasteiger charge is 2.20. The van der Waals surface area contributed by atoms with E-state index in [4.69, 9.17) is 17.3 Å². The van der Waals surface area contributed by atoms with Crippen molar-refractivity contribution in [2.24, 2.45) is 5.73 Å². The molecule has 1 aliphatic heterocycles. The fourth-order valence-corrected chi connectivity index (χ4v) is 3.51. The van der Waals surface area contributed by atoms with Crippen LogP contribution in [0.3, 0.4) is 0 Å². The Morgan fingerprint density at radius 1 is 1.15 bits per heavy atom. The molecule has 0 aliphatic carbocycles. The molecule has 0 radical (unpaired) electrons. The van der Waals surface area contributed by atoms with Crippen LogP contribution in [0.25, 0.3) is 11.0 Å². The molecule has 3 aromatic rings. The third kappa shape index (κ3) is 3.17. The lowest BCUT2D eigenvalue weighted by atomic mass is 10.2. The van der Waals surface area contributed by atoms with Crippen LogP contribution in [0.5, 0.6) is 0 Å². The highest BCUT2D eigenvalue weighted by molar-refractivity contribution is 6.33. The van der Waals surface area contributed by atoms with Crippen molar-refractivity contribution in [3.8, 4) is 0 Å². The number of anilines is 2. The lowest BCUT2D eigenvalue weighted by Crippen LogP contribution is -2.32. The lowest BCUT2D eigenvalue weighted by Gasteiger charge is -2.23. The molecule has 1 aliphatic rings. The third-order valence-corrected chi connectivity index (χ3v) is 4.86. The zero-order chi connectivity index (χ0) is 18.1. The Hall–Kier alpha value is -2.80. The van der Waals surface area contributed by atoms with E-state index in [1.54, 1.807) is 6.07 Å². The number of carbonyl (C=O) groups excluding carboxylic acids is 1. The summed E-state index contributed by atoms with van der Waals surface area (Å²) in [4.78, 5) is 28.1. The van der Waals surface area contributed by atoms with Crippen molar-refractivity contribution < 1.29 is 4.79 Å². The van der Waals surface area contributed by atoms with Crippen LogP contribution in [0.2, 0.25) is 5.02 Å². The van der Waals surface area contributed by atoms with Gasteiger partial charge in [-0.3, -0.25) is 4.79 Å². The van der Waals surface area contributed by atoms with Gasteiger partial charge in [-0.05, 0) is 24.6 Å². The molecular formula is C18H19ClN6O. The molecule has 3 heterocycles. The van der Waals surface area contributed by atoms with Gasteiger partial charge in [-0.25, -0.2) is 9.97 Å². The number of benzene rings is 1. The van der Waals surface area contributed by atoms with Gasteiger partial charge >= 0.3 is 0 Å². The highest BCUT2D eigenvalue weighted by Crippen LogP contribution is 2.26. The van der Waals surface area contributed by atoms with Crippen molar-refractivity contribution >= 4 is 40.3 Å². The second-order valence-electron chi connectivity index (χ2n) is 6.30. The smallest absolute Gasteiger partial charge is 0.250 e. The Bertz CT molecular complexity index is 923. The fraction of sp³-hybridized carbons (Fsp3) is 0.278. The van der Waals surface area contributed by atoms with Gasteiger partial charge in [0.25, 0.3) is 0 Å². The van der Waals surface area contributed by atoms with Gasteiger partial charge in [0.15, 0.2) is 0 Å². The van der Waals surface area contributed by atoms with E-state index in [9.17, 15) is 4.79 Å². The third-order valence-electron chi connectivity index (χ3n) is 4.58. The first-order valence-corrected chi connectivity index (χ1v) is 8.89. The second kappa shape index (κ2) is 6.84. The van der Waals surface area contributed by atoms with Gasteiger partial charge in [-0.1, -0.05) is 23.7 Å². The van der Waals surface area contributed by atoms with Gasteiger partial charge < -0.3 is 20.5 Å². The lowest BCUT2D eigenvalue weighted by molar-refractivity contribution is 0.1000. The summed E-state index contributed by atoms with van der Waals surface area (Å²) in [5.74, 6) is 1.04. The molecule has 134 valence electrons. The monoisotopic (exact) mass is 370 g/mol. The topological polar surface area (TPSA) is 91.1 Å². The molecule has 0 spiro atoms. The molecule has 2 aromatic heterocycles. The first-order chi connectivity index (χ1) is 12.6. The van der Waals surface area contributed by atoms with E-state index in [1.807, 2.05) is 24.3 Å². The summed E-state index contributed by atoms with van der Waals surface area (Å²) in [5.41, 5.74) is 7.60. The van der Waals surface area contributed by atoms with Crippen molar-refractivity contribution in [1.82, 2.24) is 15.0 Å². The Morgan fingerprint density at radius 2 is 1.92 bits per heavy atom. The maximum Gasteiger partial charge on any atom is 0.250 e. The second-order valence-corrected chi connectivity index (χ2v) is 6.71. The van der Waals surface area contributed by atoms with Crippen LogP contribution in [0, 0.1) is 0 Å². The summed E-state index contributed by atoms with van der Waals surface area (Å²) in [6.07, 6.45) is 2.43. The summed E-state index contributed by atoms with van der Waals surface area (Å²) >= 11 is 6.32. The molecule has 0 bridgehead atoms. The summed E-state index contributed by atoms with van der Waals surface area (Å²) in [6.45, 7) is 3.29. The van der Waals surface area contributed by atoms with Gasteiger partial charge in [0, 0.05) is 32.4 Å². The number of rotatable bonds is 3. The minimum atomic E-state index is -0.530. The molecule has 26 heavy (non-hydrogen) atoms. The van der Waals surface area contributed by atoms with Crippen LogP contribution < -0.4 is 15.5 Å². The van der Waals surface area contributed by atoms with Crippen molar-refractivity contribution in [2.75, 3.05) is 36.0 Å². The number of aromatic amines is 1. The fourth-order valence-electron chi connectivity index (χ4n) is 3.23. The van der Waals surface area contributed by atoms with E-state index in [0.29, 0.717) is 16.4 Å². The molecule has 8 heteroatoms. The number of para-hydroxylation sites is 2. The van der Waals surface area contributed by atoms with Crippen LogP contribution in [0.1, 0.15) is 16.8 Å². The Kier molecular flexibility index (Phi) is 4.38. The van der Waals surface area contributed by atoms with Crippen molar-refractivity contribution in [1.29, 1.82) is 0 Å². The minimum Gasteiger partial charge on any atom is -0.366 e. The maximum absolute atomic E-state index is 11.3. The highest BCUT2D eigenvalue weighted by atomic mass is 35.5. The van der Waals surface area contributed by atoms with Gasteiger partial charge in [-0.15, -0.1) is 0 Å². The number of primary amides is 1. The average molecular weight is 371 g/mol. The number of hydrogen-bond acceptors (Lipinski definition) is 5. The molecule has 1 saturated heterocycles. The standard InChI is InChI=1S/C18H19ClN6O/c19-13-10-12(16(20)26)11-21-17(13)24-6-3-7-25(9-8-24)18-22-14-4-1-2-5-15(14)23-18/h1-2,4-5,10-11H,3,6-9H2,(H2,20,26)(H,22,23). The van der Waals surface area contributed by atoms with Gasteiger partial charge in [0.2, 0.25) is 11.9 Å². The van der Waals surface area contributed by atoms with Crippen LogP contribution >= 0.6 is 11.6 Å². The summed E-state index contributed by atoms with van der Waals surface area (Å²) < 4.78 is 0. The molecular weight excluding hydrogens is 352 g/mol. The van der Waals surface area contributed by atoms with Crippen LogP contribution in [0.4, 0.5) is 11.8 Å². The number of carbonyl (C=O) groups is 1. The van der Waals surface area contributed by atoms with Gasteiger partial charge in [0.05, 0.1) is 21.6 Å². The zero-order valence-electron chi connectivity index (χ0n) is 14.2. The van der Waals surface area contributed by atoms with E-state index in [1.165, 1.54) is 6.20 Å².